The molecule has 3 heteroatoms. The fourth-order valence-corrected chi connectivity index (χ4v) is 2.15. The molecule has 0 atom stereocenters. The van der Waals surface area contributed by atoms with E-state index in [4.69, 9.17) is 0 Å². The Morgan fingerprint density at radius 3 is 2.61 bits per heavy atom. The van der Waals surface area contributed by atoms with Gasteiger partial charge < -0.3 is 5.32 Å². The van der Waals surface area contributed by atoms with Gasteiger partial charge in [0.05, 0.1) is 5.69 Å². The van der Waals surface area contributed by atoms with Crippen LogP contribution in [0.4, 0.5) is 5.82 Å². The average molecular weight is 241 g/mol. The number of benzene rings is 1. The molecule has 0 spiro atoms. The standard InChI is InChI=1S/C15H19N3/c1-4-11-7-6-8-12(9-11)14-13(5-2)15(16-3)18-10-17-14/h6-10H,4-5H2,1-3H3,(H,16,17,18). The summed E-state index contributed by atoms with van der Waals surface area (Å²) in [7, 11) is 1.90. The number of aromatic nitrogens is 2. The smallest absolute Gasteiger partial charge is 0.132 e. The quantitative estimate of drug-likeness (QED) is 0.892. The molecule has 2 aromatic rings. The van der Waals surface area contributed by atoms with Gasteiger partial charge in [-0.1, -0.05) is 32.0 Å². The first-order chi connectivity index (χ1) is 8.80. The first-order valence-corrected chi connectivity index (χ1v) is 6.41. The second-order valence-corrected chi connectivity index (χ2v) is 4.21. The molecule has 94 valence electrons. The van der Waals surface area contributed by atoms with E-state index in [1.807, 2.05) is 7.05 Å². The van der Waals surface area contributed by atoms with E-state index in [2.05, 4.69) is 53.4 Å². The summed E-state index contributed by atoms with van der Waals surface area (Å²) in [5, 5.41) is 3.13. The Balaban J connectivity index is 2.55. The lowest BCUT2D eigenvalue weighted by atomic mass is 10.0. The van der Waals surface area contributed by atoms with Crippen molar-refractivity contribution in [2.24, 2.45) is 0 Å². The van der Waals surface area contributed by atoms with Crippen molar-refractivity contribution in [3.8, 4) is 11.3 Å². The van der Waals surface area contributed by atoms with Gasteiger partial charge in [-0.25, -0.2) is 9.97 Å². The Hall–Kier alpha value is -1.90. The van der Waals surface area contributed by atoms with Crippen LogP contribution in [0.5, 0.6) is 0 Å². The van der Waals surface area contributed by atoms with Gasteiger partial charge in [0.1, 0.15) is 12.1 Å². The van der Waals surface area contributed by atoms with Crippen molar-refractivity contribution in [1.82, 2.24) is 9.97 Å². The first-order valence-electron chi connectivity index (χ1n) is 6.41. The van der Waals surface area contributed by atoms with E-state index in [0.29, 0.717) is 0 Å². The van der Waals surface area contributed by atoms with E-state index in [1.165, 1.54) is 16.7 Å². The molecule has 1 heterocycles. The minimum Gasteiger partial charge on any atom is -0.373 e. The van der Waals surface area contributed by atoms with Crippen molar-refractivity contribution in [1.29, 1.82) is 0 Å². The largest absolute Gasteiger partial charge is 0.373 e. The van der Waals surface area contributed by atoms with Gasteiger partial charge in [-0.3, -0.25) is 0 Å². The third-order valence-electron chi connectivity index (χ3n) is 3.14. The molecule has 0 radical (unpaired) electrons. The van der Waals surface area contributed by atoms with Gasteiger partial charge in [0.25, 0.3) is 0 Å². The van der Waals surface area contributed by atoms with Crippen molar-refractivity contribution in [2.45, 2.75) is 26.7 Å². The van der Waals surface area contributed by atoms with Crippen molar-refractivity contribution in [3.05, 3.63) is 41.7 Å². The maximum absolute atomic E-state index is 4.45. The molecule has 0 saturated heterocycles. The van der Waals surface area contributed by atoms with E-state index in [9.17, 15) is 0 Å². The van der Waals surface area contributed by atoms with Crippen LogP contribution in [0.1, 0.15) is 25.0 Å². The Morgan fingerprint density at radius 2 is 1.94 bits per heavy atom. The lowest BCUT2D eigenvalue weighted by Gasteiger charge is -2.11. The van der Waals surface area contributed by atoms with Crippen LogP contribution in [-0.4, -0.2) is 17.0 Å². The van der Waals surface area contributed by atoms with Crippen molar-refractivity contribution in [2.75, 3.05) is 12.4 Å². The topological polar surface area (TPSA) is 37.8 Å². The Labute approximate surface area is 108 Å². The number of hydrogen-bond acceptors (Lipinski definition) is 3. The summed E-state index contributed by atoms with van der Waals surface area (Å²) in [5.74, 6) is 0.921. The minimum atomic E-state index is 0.919. The molecule has 0 aliphatic carbocycles. The Kier molecular flexibility index (Phi) is 3.92. The maximum atomic E-state index is 4.45. The van der Waals surface area contributed by atoms with Crippen LogP contribution in [-0.2, 0) is 12.8 Å². The molecule has 0 fully saturated rings. The molecule has 0 saturated carbocycles. The molecule has 1 N–H and O–H groups in total. The minimum absolute atomic E-state index is 0.919. The van der Waals surface area contributed by atoms with Crippen LogP contribution in [0.15, 0.2) is 30.6 Å². The summed E-state index contributed by atoms with van der Waals surface area (Å²) in [6, 6.07) is 8.56. The third kappa shape index (κ3) is 2.35. The van der Waals surface area contributed by atoms with Gasteiger partial charge in [0.2, 0.25) is 0 Å². The van der Waals surface area contributed by atoms with Crippen LogP contribution in [0, 0.1) is 0 Å². The van der Waals surface area contributed by atoms with Crippen LogP contribution >= 0.6 is 0 Å². The number of hydrogen-bond donors (Lipinski definition) is 1. The summed E-state index contributed by atoms with van der Waals surface area (Å²) < 4.78 is 0. The molecule has 3 nitrogen and oxygen atoms in total. The zero-order valence-electron chi connectivity index (χ0n) is 11.2. The summed E-state index contributed by atoms with van der Waals surface area (Å²) in [6.07, 6.45) is 3.58. The third-order valence-corrected chi connectivity index (χ3v) is 3.14. The molecule has 1 aromatic heterocycles. The number of anilines is 1. The Morgan fingerprint density at radius 1 is 1.11 bits per heavy atom. The molecule has 0 aliphatic heterocycles. The zero-order valence-corrected chi connectivity index (χ0v) is 11.2. The Bertz CT molecular complexity index is 535. The fourth-order valence-electron chi connectivity index (χ4n) is 2.15. The summed E-state index contributed by atoms with van der Waals surface area (Å²) >= 11 is 0. The zero-order chi connectivity index (χ0) is 13.0. The number of aryl methyl sites for hydroxylation is 1. The molecule has 0 bridgehead atoms. The monoisotopic (exact) mass is 241 g/mol. The second kappa shape index (κ2) is 5.63. The lowest BCUT2D eigenvalue weighted by Crippen LogP contribution is -2.02. The predicted octanol–water partition coefficient (Wildman–Crippen LogP) is 3.31. The summed E-state index contributed by atoms with van der Waals surface area (Å²) in [6.45, 7) is 4.30. The van der Waals surface area contributed by atoms with Crippen molar-refractivity contribution in [3.63, 3.8) is 0 Å². The highest BCUT2D eigenvalue weighted by Gasteiger charge is 2.10. The molecule has 18 heavy (non-hydrogen) atoms. The molecule has 1 aromatic carbocycles. The van der Waals surface area contributed by atoms with Crippen LogP contribution in [0.3, 0.4) is 0 Å². The van der Waals surface area contributed by atoms with Crippen molar-refractivity contribution >= 4 is 5.82 Å². The molecule has 0 amide bonds. The van der Waals surface area contributed by atoms with Gasteiger partial charge in [0.15, 0.2) is 0 Å². The van der Waals surface area contributed by atoms with Gasteiger partial charge >= 0.3 is 0 Å². The fraction of sp³-hybridized carbons (Fsp3) is 0.333. The van der Waals surface area contributed by atoms with Crippen molar-refractivity contribution < 1.29 is 0 Å². The van der Waals surface area contributed by atoms with E-state index < -0.39 is 0 Å². The highest BCUT2D eigenvalue weighted by atomic mass is 15.0. The molecular formula is C15H19N3. The molecule has 0 unspecified atom stereocenters. The molecular weight excluding hydrogens is 222 g/mol. The maximum Gasteiger partial charge on any atom is 0.132 e. The number of rotatable bonds is 4. The first kappa shape index (κ1) is 12.6. The number of nitrogens with zero attached hydrogens (tertiary/aromatic N) is 2. The normalized spacial score (nSPS) is 10.4. The van der Waals surface area contributed by atoms with E-state index in [1.54, 1.807) is 6.33 Å². The number of nitrogens with one attached hydrogen (secondary N) is 1. The predicted molar refractivity (Wildman–Crippen MR) is 75.8 cm³/mol. The molecule has 2 rings (SSSR count). The summed E-state index contributed by atoms with van der Waals surface area (Å²) in [5.41, 5.74) is 4.71. The average Bonchev–Trinajstić information content (AvgIpc) is 2.46. The van der Waals surface area contributed by atoms with E-state index in [0.717, 1.165) is 24.4 Å². The highest BCUT2D eigenvalue weighted by molar-refractivity contribution is 5.68. The summed E-state index contributed by atoms with van der Waals surface area (Å²) in [4.78, 5) is 8.73. The second-order valence-electron chi connectivity index (χ2n) is 4.21. The van der Waals surface area contributed by atoms with Gasteiger partial charge in [0, 0.05) is 18.2 Å². The molecule has 0 aliphatic rings. The highest BCUT2D eigenvalue weighted by Crippen LogP contribution is 2.26. The van der Waals surface area contributed by atoms with Crippen LogP contribution in [0.2, 0.25) is 0 Å². The lowest BCUT2D eigenvalue weighted by molar-refractivity contribution is 1.05. The van der Waals surface area contributed by atoms with E-state index >= 15 is 0 Å². The van der Waals surface area contributed by atoms with Gasteiger partial charge in [-0.2, -0.15) is 0 Å². The SMILES string of the molecule is CCc1cccc(-c2ncnc(NC)c2CC)c1. The van der Waals surface area contributed by atoms with Crippen LogP contribution in [0.25, 0.3) is 11.3 Å². The van der Waals surface area contributed by atoms with Gasteiger partial charge in [-0.05, 0) is 24.5 Å². The van der Waals surface area contributed by atoms with Crippen LogP contribution < -0.4 is 5.32 Å². The van der Waals surface area contributed by atoms with E-state index in [-0.39, 0.29) is 0 Å². The van der Waals surface area contributed by atoms with Gasteiger partial charge in [-0.15, -0.1) is 0 Å².